The van der Waals surface area contributed by atoms with Gasteiger partial charge in [-0.15, -0.1) is 0 Å². The van der Waals surface area contributed by atoms with Gasteiger partial charge in [-0.2, -0.15) is 0 Å². The highest BCUT2D eigenvalue weighted by Gasteiger charge is 2.23. The van der Waals surface area contributed by atoms with E-state index in [1.807, 2.05) is 18.2 Å². The lowest BCUT2D eigenvalue weighted by Gasteiger charge is -2.36. The second kappa shape index (κ2) is 10.7. The third kappa shape index (κ3) is 6.73. The zero-order chi connectivity index (χ0) is 22.3. The fourth-order valence-corrected chi connectivity index (χ4v) is 3.67. The van der Waals surface area contributed by atoms with Crippen molar-refractivity contribution in [3.8, 4) is 5.75 Å². The smallest absolute Gasteiger partial charge is 0.198 e. The molecule has 1 saturated heterocycles. The number of likely N-dealkylation sites (tertiary alicyclic amines) is 1. The number of anilines is 1. The third-order valence-corrected chi connectivity index (χ3v) is 6.05. The summed E-state index contributed by atoms with van der Waals surface area (Å²) in [4.78, 5) is 7.37. The molecular formula is C26H38N4O. The Hall–Kier alpha value is -2.53. The molecule has 0 aromatic heterocycles. The quantitative estimate of drug-likeness (QED) is 0.475. The molecule has 31 heavy (non-hydrogen) atoms. The number of guanidine groups is 1. The zero-order valence-electron chi connectivity index (χ0n) is 19.5. The van der Waals surface area contributed by atoms with Gasteiger partial charge in [0.25, 0.3) is 0 Å². The number of rotatable bonds is 7. The molecule has 2 aromatic rings. The van der Waals surface area contributed by atoms with Gasteiger partial charge in [-0.25, -0.2) is 0 Å². The van der Waals surface area contributed by atoms with Crippen molar-refractivity contribution in [1.82, 2.24) is 4.90 Å². The summed E-state index contributed by atoms with van der Waals surface area (Å²) >= 11 is 0. The minimum absolute atomic E-state index is 0.0147. The van der Waals surface area contributed by atoms with E-state index in [9.17, 15) is 0 Å². The van der Waals surface area contributed by atoms with E-state index in [1.165, 1.54) is 30.4 Å². The van der Waals surface area contributed by atoms with Gasteiger partial charge in [0.2, 0.25) is 0 Å². The van der Waals surface area contributed by atoms with E-state index >= 15 is 0 Å². The first-order chi connectivity index (χ1) is 14.9. The Labute approximate surface area is 187 Å². The van der Waals surface area contributed by atoms with Crippen LogP contribution < -0.4 is 15.8 Å². The van der Waals surface area contributed by atoms with E-state index in [4.69, 9.17) is 15.5 Å². The number of nitrogens with one attached hydrogen (secondary N) is 1. The maximum Gasteiger partial charge on any atom is 0.198 e. The summed E-state index contributed by atoms with van der Waals surface area (Å²) in [6.07, 6.45) is 3.69. The highest BCUT2D eigenvalue weighted by atomic mass is 16.5. The number of hydrogen-bond acceptors (Lipinski definition) is 3. The van der Waals surface area contributed by atoms with Crippen molar-refractivity contribution in [2.24, 2.45) is 16.1 Å². The topological polar surface area (TPSA) is 62.9 Å². The van der Waals surface area contributed by atoms with Crippen LogP contribution in [-0.4, -0.2) is 36.5 Å². The molecule has 0 amide bonds. The van der Waals surface area contributed by atoms with Gasteiger partial charge >= 0.3 is 0 Å². The van der Waals surface area contributed by atoms with Crippen molar-refractivity contribution in [3.05, 3.63) is 59.7 Å². The van der Waals surface area contributed by atoms with Gasteiger partial charge < -0.3 is 20.7 Å². The second-order valence-corrected chi connectivity index (χ2v) is 9.41. The van der Waals surface area contributed by atoms with Gasteiger partial charge in [0, 0.05) is 24.8 Å². The Kier molecular flexibility index (Phi) is 7.97. The van der Waals surface area contributed by atoms with Gasteiger partial charge in [0.1, 0.15) is 12.4 Å². The Balaban J connectivity index is 1.68. The molecule has 0 spiro atoms. The van der Waals surface area contributed by atoms with E-state index in [2.05, 4.69) is 68.2 Å². The van der Waals surface area contributed by atoms with Crippen molar-refractivity contribution in [2.45, 2.75) is 59.6 Å². The molecule has 1 heterocycles. The molecule has 1 aliphatic rings. The number of benzene rings is 2. The first kappa shape index (κ1) is 23.1. The monoisotopic (exact) mass is 422 g/mol. The molecule has 1 fully saturated rings. The molecule has 1 unspecified atom stereocenters. The number of nitrogens with two attached hydrogens (primary N) is 1. The highest BCUT2D eigenvalue weighted by Crippen LogP contribution is 2.22. The van der Waals surface area contributed by atoms with E-state index < -0.39 is 0 Å². The van der Waals surface area contributed by atoms with Crippen molar-refractivity contribution in [1.29, 1.82) is 0 Å². The van der Waals surface area contributed by atoms with Crippen LogP contribution in [0.3, 0.4) is 0 Å². The number of ether oxygens (including phenoxy) is 1. The largest absolute Gasteiger partial charge is 0.489 e. The molecule has 1 atom stereocenters. The standard InChI is InChI=1S/C26H38N4O/c1-20-9-5-6-11-22(20)17-31-24-14-12-23(13-15-24)29-25(28-19-26(3,4)18-27)30-16-8-7-10-21(30)2/h5-6,9,11-15,21H,7-8,10,16-19,27H2,1-4H3,(H,28,29). The summed E-state index contributed by atoms with van der Waals surface area (Å²) in [5.41, 5.74) is 9.39. The van der Waals surface area contributed by atoms with Gasteiger partial charge in [-0.05, 0) is 80.5 Å². The molecule has 0 aliphatic carbocycles. The lowest BCUT2D eigenvalue weighted by molar-refractivity contribution is 0.255. The van der Waals surface area contributed by atoms with Gasteiger partial charge in [-0.3, -0.25) is 4.99 Å². The highest BCUT2D eigenvalue weighted by molar-refractivity contribution is 5.94. The van der Waals surface area contributed by atoms with E-state index in [0.29, 0.717) is 25.7 Å². The van der Waals surface area contributed by atoms with Crippen LogP contribution in [0.1, 0.15) is 51.2 Å². The first-order valence-corrected chi connectivity index (χ1v) is 11.4. The Morgan fingerprint density at radius 2 is 1.90 bits per heavy atom. The zero-order valence-corrected chi connectivity index (χ0v) is 19.5. The molecule has 0 radical (unpaired) electrons. The normalized spacial score (nSPS) is 17.5. The summed E-state index contributed by atoms with van der Waals surface area (Å²) < 4.78 is 5.99. The summed E-state index contributed by atoms with van der Waals surface area (Å²) in [5, 5.41) is 3.57. The fourth-order valence-electron chi connectivity index (χ4n) is 3.67. The van der Waals surface area contributed by atoms with Crippen LogP contribution in [0.15, 0.2) is 53.5 Å². The van der Waals surface area contributed by atoms with Crippen LogP contribution >= 0.6 is 0 Å². The second-order valence-electron chi connectivity index (χ2n) is 9.41. The summed E-state index contributed by atoms with van der Waals surface area (Å²) in [5.74, 6) is 1.81. The SMILES string of the molecule is Cc1ccccc1COc1ccc(NC(=NCC(C)(C)CN)N2CCCCC2C)cc1. The van der Waals surface area contributed by atoms with E-state index in [0.717, 1.165) is 23.9 Å². The molecule has 168 valence electrons. The van der Waals surface area contributed by atoms with Crippen LogP contribution in [0.2, 0.25) is 0 Å². The van der Waals surface area contributed by atoms with Crippen molar-refractivity contribution < 1.29 is 4.74 Å². The lowest BCUT2D eigenvalue weighted by atomic mass is 9.94. The van der Waals surface area contributed by atoms with E-state index in [1.54, 1.807) is 0 Å². The molecule has 5 nitrogen and oxygen atoms in total. The minimum Gasteiger partial charge on any atom is -0.489 e. The molecule has 2 aromatic carbocycles. The van der Waals surface area contributed by atoms with Crippen molar-refractivity contribution in [2.75, 3.05) is 25.0 Å². The average Bonchev–Trinajstić information content (AvgIpc) is 2.77. The molecule has 5 heteroatoms. The Morgan fingerprint density at radius 1 is 1.16 bits per heavy atom. The average molecular weight is 423 g/mol. The number of piperidine rings is 1. The molecule has 0 saturated carbocycles. The predicted octanol–water partition coefficient (Wildman–Crippen LogP) is 5.20. The summed E-state index contributed by atoms with van der Waals surface area (Å²) in [6.45, 7) is 11.6. The predicted molar refractivity (Wildman–Crippen MR) is 131 cm³/mol. The summed E-state index contributed by atoms with van der Waals surface area (Å²) in [7, 11) is 0. The van der Waals surface area contributed by atoms with Crippen LogP contribution in [0.4, 0.5) is 5.69 Å². The first-order valence-electron chi connectivity index (χ1n) is 11.4. The molecule has 1 aliphatic heterocycles. The molecule has 0 bridgehead atoms. The van der Waals surface area contributed by atoms with E-state index in [-0.39, 0.29) is 5.41 Å². The van der Waals surface area contributed by atoms with Crippen LogP contribution in [0, 0.1) is 12.3 Å². The number of nitrogens with zero attached hydrogens (tertiary/aromatic N) is 2. The van der Waals surface area contributed by atoms with Crippen molar-refractivity contribution in [3.63, 3.8) is 0 Å². The Bertz CT molecular complexity index is 860. The Morgan fingerprint density at radius 3 is 2.58 bits per heavy atom. The van der Waals surface area contributed by atoms with Crippen molar-refractivity contribution >= 4 is 11.6 Å². The number of hydrogen-bond donors (Lipinski definition) is 2. The molecule has 3 rings (SSSR count). The minimum atomic E-state index is -0.0147. The van der Waals surface area contributed by atoms with Crippen LogP contribution in [-0.2, 0) is 6.61 Å². The van der Waals surface area contributed by atoms with Gasteiger partial charge in [0.15, 0.2) is 5.96 Å². The third-order valence-electron chi connectivity index (χ3n) is 6.05. The lowest BCUT2D eigenvalue weighted by Crippen LogP contribution is -2.46. The van der Waals surface area contributed by atoms with Crippen LogP contribution in [0.5, 0.6) is 5.75 Å². The van der Waals surface area contributed by atoms with Crippen LogP contribution in [0.25, 0.3) is 0 Å². The number of aryl methyl sites for hydroxylation is 1. The maximum absolute atomic E-state index is 5.99. The summed E-state index contributed by atoms with van der Waals surface area (Å²) in [6, 6.07) is 17.0. The molecule has 3 N–H and O–H groups in total. The maximum atomic E-state index is 5.99. The van der Waals surface area contributed by atoms with Gasteiger partial charge in [-0.1, -0.05) is 38.1 Å². The molecular weight excluding hydrogens is 384 g/mol. The fraction of sp³-hybridized carbons (Fsp3) is 0.500. The van der Waals surface area contributed by atoms with Gasteiger partial charge in [0.05, 0.1) is 0 Å². The number of aliphatic imine (C=N–C) groups is 1.